The first-order chi connectivity index (χ1) is 13.0. The minimum absolute atomic E-state index is 0. The smallest absolute Gasteiger partial charge is 0.370 e. The number of aromatic nitrogens is 1. The third-order valence-electron chi connectivity index (χ3n) is 4.44. The standard InChI is InChI=1S/C18H29F3N6.HI/c1-22-17(25-10-13-27-11-3-2-4-12-27)24-9-5-8-23-16-7-6-15(14-26-16)18(19,20)21;/h6-7,14H,2-5,8-13H2,1H3,(H,23,26)(H2,22,24,25);1H. The second kappa shape index (κ2) is 13.0. The highest BCUT2D eigenvalue weighted by molar-refractivity contribution is 14.0. The van der Waals surface area contributed by atoms with Gasteiger partial charge in [0, 0.05) is 39.4 Å². The number of nitrogens with zero attached hydrogens (tertiary/aromatic N) is 3. The fourth-order valence-electron chi connectivity index (χ4n) is 2.91. The molecule has 0 amide bonds. The van der Waals surface area contributed by atoms with Crippen molar-refractivity contribution in [1.82, 2.24) is 20.5 Å². The average molecular weight is 514 g/mol. The maximum absolute atomic E-state index is 12.5. The lowest BCUT2D eigenvalue weighted by Crippen LogP contribution is -2.43. The number of nitrogens with one attached hydrogen (secondary N) is 3. The topological polar surface area (TPSA) is 64.6 Å². The van der Waals surface area contributed by atoms with Crippen molar-refractivity contribution in [1.29, 1.82) is 0 Å². The van der Waals surface area contributed by atoms with Crippen LogP contribution in [0, 0.1) is 0 Å². The molecule has 0 aromatic carbocycles. The van der Waals surface area contributed by atoms with E-state index >= 15 is 0 Å². The molecule has 160 valence electrons. The first-order valence-corrected chi connectivity index (χ1v) is 9.43. The number of anilines is 1. The Kier molecular flexibility index (Phi) is 11.5. The molecule has 1 saturated heterocycles. The summed E-state index contributed by atoms with van der Waals surface area (Å²) in [5.74, 6) is 1.20. The van der Waals surface area contributed by atoms with Gasteiger partial charge in [0.15, 0.2) is 5.96 Å². The average Bonchev–Trinajstić information content (AvgIpc) is 2.67. The van der Waals surface area contributed by atoms with Gasteiger partial charge in [0.25, 0.3) is 0 Å². The number of pyridine rings is 1. The van der Waals surface area contributed by atoms with Crippen LogP contribution < -0.4 is 16.0 Å². The van der Waals surface area contributed by atoms with Gasteiger partial charge in [-0.1, -0.05) is 6.42 Å². The Morgan fingerprint density at radius 1 is 1.11 bits per heavy atom. The third kappa shape index (κ3) is 9.26. The van der Waals surface area contributed by atoms with Gasteiger partial charge >= 0.3 is 6.18 Å². The second-order valence-corrected chi connectivity index (χ2v) is 6.54. The van der Waals surface area contributed by atoms with Crippen LogP contribution in [0.2, 0.25) is 0 Å². The molecule has 28 heavy (non-hydrogen) atoms. The fraction of sp³-hybridized carbons (Fsp3) is 0.667. The van der Waals surface area contributed by atoms with Gasteiger partial charge in [-0.3, -0.25) is 4.99 Å². The normalized spacial score (nSPS) is 15.6. The van der Waals surface area contributed by atoms with Crippen molar-refractivity contribution >= 4 is 35.8 Å². The van der Waals surface area contributed by atoms with Crippen molar-refractivity contribution in [2.75, 3.05) is 51.6 Å². The van der Waals surface area contributed by atoms with Crippen LogP contribution >= 0.6 is 24.0 Å². The van der Waals surface area contributed by atoms with Crippen LogP contribution in [0.1, 0.15) is 31.2 Å². The van der Waals surface area contributed by atoms with E-state index in [9.17, 15) is 13.2 Å². The molecular formula is C18H30F3IN6. The molecule has 2 rings (SSSR count). The van der Waals surface area contributed by atoms with Crippen molar-refractivity contribution in [2.45, 2.75) is 31.9 Å². The van der Waals surface area contributed by atoms with Crippen LogP contribution in [0.3, 0.4) is 0 Å². The van der Waals surface area contributed by atoms with Gasteiger partial charge in [0.05, 0.1) is 5.56 Å². The van der Waals surface area contributed by atoms with Crippen LogP contribution in [0.5, 0.6) is 0 Å². The number of likely N-dealkylation sites (tertiary alicyclic amines) is 1. The first-order valence-electron chi connectivity index (χ1n) is 9.43. The number of halogens is 4. The van der Waals surface area contributed by atoms with E-state index in [1.807, 2.05) is 0 Å². The molecule has 2 heterocycles. The van der Waals surface area contributed by atoms with E-state index in [4.69, 9.17) is 0 Å². The lowest BCUT2D eigenvalue weighted by Gasteiger charge is -2.26. The quantitative estimate of drug-likeness (QED) is 0.215. The summed E-state index contributed by atoms with van der Waals surface area (Å²) in [6.07, 6.45) is 1.18. The van der Waals surface area contributed by atoms with Gasteiger partial charge < -0.3 is 20.9 Å². The minimum atomic E-state index is -4.35. The van der Waals surface area contributed by atoms with Crippen LogP contribution in [0.25, 0.3) is 0 Å². The molecule has 0 spiro atoms. The Morgan fingerprint density at radius 2 is 1.82 bits per heavy atom. The summed E-state index contributed by atoms with van der Waals surface area (Å²) in [5.41, 5.74) is -0.742. The lowest BCUT2D eigenvalue weighted by atomic mass is 10.1. The van der Waals surface area contributed by atoms with Crippen LogP contribution in [-0.4, -0.2) is 62.2 Å². The van der Waals surface area contributed by atoms with Gasteiger partial charge in [-0.15, -0.1) is 24.0 Å². The number of hydrogen-bond acceptors (Lipinski definition) is 4. The molecule has 0 saturated carbocycles. The highest BCUT2D eigenvalue weighted by Gasteiger charge is 2.30. The molecular weight excluding hydrogens is 484 g/mol. The molecule has 0 atom stereocenters. The Labute approximate surface area is 181 Å². The molecule has 1 fully saturated rings. The highest BCUT2D eigenvalue weighted by Crippen LogP contribution is 2.28. The van der Waals surface area contributed by atoms with Gasteiger partial charge in [0.1, 0.15) is 5.82 Å². The predicted molar refractivity (Wildman–Crippen MR) is 117 cm³/mol. The van der Waals surface area contributed by atoms with Crippen LogP contribution in [-0.2, 0) is 6.18 Å². The molecule has 6 nitrogen and oxygen atoms in total. The van der Waals surface area contributed by atoms with E-state index in [-0.39, 0.29) is 24.0 Å². The Morgan fingerprint density at radius 3 is 2.43 bits per heavy atom. The molecule has 1 aliphatic rings. The maximum atomic E-state index is 12.5. The zero-order chi connectivity index (χ0) is 19.5. The summed E-state index contributed by atoms with van der Waals surface area (Å²) in [6, 6.07) is 2.37. The van der Waals surface area contributed by atoms with E-state index < -0.39 is 11.7 Å². The van der Waals surface area contributed by atoms with E-state index in [0.717, 1.165) is 37.7 Å². The summed E-state index contributed by atoms with van der Waals surface area (Å²) >= 11 is 0. The Balaban J connectivity index is 0.00000392. The van der Waals surface area contributed by atoms with Crippen molar-refractivity contribution in [3.63, 3.8) is 0 Å². The largest absolute Gasteiger partial charge is 0.417 e. The predicted octanol–water partition coefficient (Wildman–Crippen LogP) is 3.17. The number of alkyl halides is 3. The molecule has 3 N–H and O–H groups in total. The minimum Gasteiger partial charge on any atom is -0.370 e. The fourth-order valence-corrected chi connectivity index (χ4v) is 2.91. The SMILES string of the molecule is CN=C(NCCCNc1ccc(C(F)(F)F)cn1)NCCN1CCCCC1.I. The zero-order valence-corrected chi connectivity index (χ0v) is 18.5. The molecule has 10 heteroatoms. The molecule has 0 unspecified atom stereocenters. The van der Waals surface area contributed by atoms with E-state index in [2.05, 4.69) is 30.8 Å². The summed E-state index contributed by atoms with van der Waals surface area (Å²) in [7, 11) is 1.74. The van der Waals surface area contributed by atoms with E-state index in [0.29, 0.717) is 18.9 Å². The monoisotopic (exact) mass is 514 g/mol. The van der Waals surface area contributed by atoms with Gasteiger partial charge in [-0.2, -0.15) is 13.2 Å². The number of aliphatic imine (C=N–C) groups is 1. The number of piperidine rings is 1. The first kappa shape index (κ1) is 24.7. The summed E-state index contributed by atoms with van der Waals surface area (Å²) < 4.78 is 37.5. The molecule has 0 bridgehead atoms. The van der Waals surface area contributed by atoms with Gasteiger partial charge in [0.2, 0.25) is 0 Å². The second-order valence-electron chi connectivity index (χ2n) is 6.54. The number of hydrogen-bond donors (Lipinski definition) is 3. The van der Waals surface area contributed by atoms with Crippen molar-refractivity contribution in [2.24, 2.45) is 4.99 Å². The summed E-state index contributed by atoms with van der Waals surface area (Å²) in [6.45, 7) is 5.54. The molecule has 0 aliphatic carbocycles. The van der Waals surface area contributed by atoms with Crippen molar-refractivity contribution < 1.29 is 13.2 Å². The number of rotatable bonds is 8. The molecule has 1 aromatic rings. The van der Waals surface area contributed by atoms with Crippen LogP contribution in [0.15, 0.2) is 23.3 Å². The van der Waals surface area contributed by atoms with Gasteiger partial charge in [-0.25, -0.2) is 4.98 Å². The summed E-state index contributed by atoms with van der Waals surface area (Å²) in [5, 5.41) is 9.55. The third-order valence-corrected chi connectivity index (χ3v) is 4.44. The maximum Gasteiger partial charge on any atom is 0.417 e. The Bertz CT molecular complexity index is 574. The molecule has 0 radical (unpaired) electrons. The Hall–Kier alpha value is -1.30. The van der Waals surface area contributed by atoms with Gasteiger partial charge in [-0.05, 0) is 44.5 Å². The van der Waals surface area contributed by atoms with E-state index in [1.165, 1.54) is 38.4 Å². The van der Waals surface area contributed by atoms with E-state index in [1.54, 1.807) is 7.05 Å². The molecule has 1 aromatic heterocycles. The number of guanidine groups is 1. The van der Waals surface area contributed by atoms with Crippen molar-refractivity contribution in [3.8, 4) is 0 Å². The summed E-state index contributed by atoms with van der Waals surface area (Å²) in [4.78, 5) is 10.4. The van der Waals surface area contributed by atoms with Crippen molar-refractivity contribution in [3.05, 3.63) is 23.9 Å². The highest BCUT2D eigenvalue weighted by atomic mass is 127. The van der Waals surface area contributed by atoms with Crippen LogP contribution in [0.4, 0.5) is 19.0 Å². The molecule has 1 aliphatic heterocycles. The zero-order valence-electron chi connectivity index (χ0n) is 16.2. The lowest BCUT2D eigenvalue weighted by molar-refractivity contribution is -0.137.